The normalized spacial score (nSPS) is 13.4. The van der Waals surface area contributed by atoms with Crippen LogP contribution in [0.3, 0.4) is 0 Å². The van der Waals surface area contributed by atoms with E-state index in [2.05, 4.69) is 58.7 Å². The number of nitrogens with zero attached hydrogens (tertiary/aromatic N) is 1. The fourth-order valence-electron chi connectivity index (χ4n) is 3.32. The molecule has 4 nitrogen and oxygen atoms in total. The maximum atomic E-state index is 10.4. The highest BCUT2D eigenvalue weighted by atomic mass is 16.4. The molecule has 0 spiro atoms. The van der Waals surface area contributed by atoms with Gasteiger partial charge < -0.3 is 15.3 Å². The summed E-state index contributed by atoms with van der Waals surface area (Å²) < 4.78 is 0. The van der Waals surface area contributed by atoms with Crippen molar-refractivity contribution < 1.29 is 9.90 Å². The first-order valence-electron chi connectivity index (χ1n) is 8.79. The van der Waals surface area contributed by atoms with E-state index in [1.54, 1.807) is 6.08 Å². The molecule has 1 aliphatic heterocycles. The van der Waals surface area contributed by atoms with E-state index in [0.29, 0.717) is 6.54 Å². The van der Waals surface area contributed by atoms with Gasteiger partial charge in [0.2, 0.25) is 0 Å². The number of nitrogens with one attached hydrogen (secondary N) is 1. The molecular weight excluding hydrogens is 312 g/mol. The topological polar surface area (TPSA) is 52.6 Å². The molecule has 0 bridgehead atoms. The van der Waals surface area contributed by atoms with Crippen molar-refractivity contribution in [2.24, 2.45) is 0 Å². The second-order valence-electron chi connectivity index (χ2n) is 6.21. The lowest BCUT2D eigenvalue weighted by molar-refractivity contribution is -0.131. The summed E-state index contributed by atoms with van der Waals surface area (Å²) in [4.78, 5) is 12.9. The molecule has 0 saturated heterocycles. The van der Waals surface area contributed by atoms with Crippen molar-refractivity contribution in [2.75, 3.05) is 24.5 Å². The van der Waals surface area contributed by atoms with Crippen LogP contribution in [0.15, 0.2) is 60.7 Å². The third-order valence-corrected chi connectivity index (χ3v) is 4.49. The van der Waals surface area contributed by atoms with Gasteiger partial charge >= 0.3 is 5.97 Å². The summed E-state index contributed by atoms with van der Waals surface area (Å²) in [6, 6.07) is 17.3. The van der Waals surface area contributed by atoms with E-state index >= 15 is 0 Å². The summed E-state index contributed by atoms with van der Waals surface area (Å²) in [5.74, 6) is -0.903. The van der Waals surface area contributed by atoms with Crippen LogP contribution in [0.5, 0.6) is 0 Å². The summed E-state index contributed by atoms with van der Waals surface area (Å²) in [7, 11) is 0. The second kappa shape index (κ2) is 8.49. The third-order valence-electron chi connectivity index (χ3n) is 4.49. The molecule has 130 valence electrons. The van der Waals surface area contributed by atoms with Crippen LogP contribution in [0.25, 0.3) is 0 Å². The van der Waals surface area contributed by atoms with Gasteiger partial charge in [0.05, 0.1) is 0 Å². The van der Waals surface area contributed by atoms with Gasteiger partial charge in [-0.15, -0.1) is 0 Å². The molecule has 0 amide bonds. The van der Waals surface area contributed by atoms with Crippen molar-refractivity contribution in [3.63, 3.8) is 0 Å². The van der Waals surface area contributed by atoms with Gasteiger partial charge in [-0.05, 0) is 49.1 Å². The first-order valence-corrected chi connectivity index (χ1v) is 8.79. The highest BCUT2D eigenvalue weighted by molar-refractivity contribution is 5.79. The zero-order valence-corrected chi connectivity index (χ0v) is 14.3. The fraction of sp³-hybridized carbons (Fsp3) is 0.286. The number of anilines is 2. The van der Waals surface area contributed by atoms with Crippen LogP contribution in [0.2, 0.25) is 0 Å². The Morgan fingerprint density at radius 2 is 1.64 bits per heavy atom. The van der Waals surface area contributed by atoms with Crippen LogP contribution in [-0.2, 0) is 17.6 Å². The van der Waals surface area contributed by atoms with E-state index < -0.39 is 5.97 Å². The lowest BCUT2D eigenvalue weighted by Gasteiger charge is -2.27. The Hall–Kier alpha value is -2.59. The fourth-order valence-corrected chi connectivity index (χ4v) is 3.32. The number of carboxylic acid groups (broad SMARTS) is 1. The van der Waals surface area contributed by atoms with Crippen LogP contribution in [0.4, 0.5) is 11.4 Å². The van der Waals surface area contributed by atoms with Gasteiger partial charge in [-0.2, -0.15) is 0 Å². The average Bonchev–Trinajstić information content (AvgIpc) is 2.78. The quantitative estimate of drug-likeness (QED) is 0.600. The van der Waals surface area contributed by atoms with Gasteiger partial charge in [0.25, 0.3) is 0 Å². The first-order chi connectivity index (χ1) is 12.3. The first kappa shape index (κ1) is 17.2. The predicted octanol–water partition coefficient (Wildman–Crippen LogP) is 3.54. The molecule has 0 fully saturated rings. The minimum Gasteiger partial charge on any atom is -0.478 e. The Kier molecular flexibility index (Phi) is 5.86. The Labute approximate surface area is 148 Å². The smallest absolute Gasteiger partial charge is 0.328 e. The van der Waals surface area contributed by atoms with Gasteiger partial charge in [-0.25, -0.2) is 4.79 Å². The number of carbonyl (C=O) groups is 1. The van der Waals surface area contributed by atoms with Crippen molar-refractivity contribution in [1.29, 1.82) is 0 Å². The minimum atomic E-state index is -0.903. The van der Waals surface area contributed by atoms with Crippen LogP contribution in [0, 0.1) is 0 Å². The molecule has 0 radical (unpaired) electrons. The maximum absolute atomic E-state index is 10.4. The molecule has 25 heavy (non-hydrogen) atoms. The molecule has 0 saturated carbocycles. The van der Waals surface area contributed by atoms with Crippen LogP contribution < -0.4 is 10.2 Å². The molecule has 1 heterocycles. The molecule has 0 aromatic heterocycles. The number of carboxylic acids is 1. The van der Waals surface area contributed by atoms with Crippen molar-refractivity contribution in [3.05, 3.63) is 71.8 Å². The van der Waals surface area contributed by atoms with Crippen molar-refractivity contribution in [3.8, 4) is 0 Å². The van der Waals surface area contributed by atoms with Crippen molar-refractivity contribution in [2.45, 2.75) is 19.3 Å². The summed E-state index contributed by atoms with van der Waals surface area (Å²) >= 11 is 0. The SMILES string of the molecule is O=C(O)/C=C/CNCCCN1c2ccccc2CCc2ccccc21. The molecular formula is C21H24N2O2. The second-order valence-corrected chi connectivity index (χ2v) is 6.21. The highest BCUT2D eigenvalue weighted by Crippen LogP contribution is 2.35. The van der Waals surface area contributed by atoms with Crippen molar-refractivity contribution >= 4 is 17.3 Å². The summed E-state index contributed by atoms with van der Waals surface area (Å²) in [6.45, 7) is 2.37. The number of hydrogen-bond acceptors (Lipinski definition) is 3. The van der Waals surface area contributed by atoms with Gasteiger partial charge in [0, 0.05) is 30.5 Å². The Balaban J connectivity index is 1.66. The predicted molar refractivity (Wildman–Crippen MR) is 102 cm³/mol. The third kappa shape index (κ3) is 4.48. The van der Waals surface area contributed by atoms with E-state index in [-0.39, 0.29) is 0 Å². The minimum absolute atomic E-state index is 0.583. The maximum Gasteiger partial charge on any atom is 0.328 e. The van der Waals surface area contributed by atoms with Gasteiger partial charge in [0.15, 0.2) is 0 Å². The highest BCUT2D eigenvalue weighted by Gasteiger charge is 2.19. The van der Waals surface area contributed by atoms with Gasteiger partial charge in [-0.1, -0.05) is 42.5 Å². The van der Waals surface area contributed by atoms with Crippen LogP contribution in [-0.4, -0.2) is 30.7 Å². The Morgan fingerprint density at radius 3 is 2.24 bits per heavy atom. The Morgan fingerprint density at radius 1 is 1.04 bits per heavy atom. The summed E-state index contributed by atoms with van der Waals surface area (Å²) in [5, 5.41) is 11.8. The lowest BCUT2D eigenvalue weighted by Crippen LogP contribution is -2.24. The molecule has 2 N–H and O–H groups in total. The van der Waals surface area contributed by atoms with Crippen LogP contribution >= 0.6 is 0 Å². The van der Waals surface area contributed by atoms with E-state index in [4.69, 9.17) is 5.11 Å². The number of aryl methyl sites for hydroxylation is 2. The van der Waals surface area contributed by atoms with Gasteiger partial charge in [0.1, 0.15) is 0 Å². The van der Waals surface area contributed by atoms with Crippen LogP contribution in [0.1, 0.15) is 17.5 Å². The molecule has 2 aromatic carbocycles. The lowest BCUT2D eigenvalue weighted by atomic mass is 10.0. The standard InChI is InChI=1S/C21H24N2O2/c24-21(25)11-5-14-22-15-6-16-23-19-9-3-1-7-17(19)12-13-18-8-2-4-10-20(18)23/h1-5,7-11,22H,6,12-16H2,(H,24,25)/b11-5+. The molecule has 0 unspecified atom stereocenters. The summed E-state index contributed by atoms with van der Waals surface area (Å²) in [5.41, 5.74) is 5.41. The number of aliphatic carboxylic acids is 1. The molecule has 0 aliphatic carbocycles. The van der Waals surface area contributed by atoms with E-state index in [1.165, 1.54) is 28.6 Å². The number of rotatable bonds is 7. The zero-order valence-electron chi connectivity index (χ0n) is 14.3. The molecule has 1 aliphatic rings. The zero-order chi connectivity index (χ0) is 17.5. The number of fused-ring (bicyclic) bond motifs is 2. The van der Waals surface area contributed by atoms with Gasteiger partial charge in [-0.3, -0.25) is 0 Å². The molecule has 3 rings (SSSR count). The number of benzene rings is 2. The monoisotopic (exact) mass is 336 g/mol. The van der Waals surface area contributed by atoms with Crippen molar-refractivity contribution in [1.82, 2.24) is 5.32 Å². The van der Waals surface area contributed by atoms with E-state index in [1.807, 2.05) is 0 Å². The molecule has 0 atom stereocenters. The van der Waals surface area contributed by atoms with E-state index in [9.17, 15) is 4.79 Å². The van der Waals surface area contributed by atoms with E-state index in [0.717, 1.165) is 32.4 Å². The largest absolute Gasteiger partial charge is 0.478 e. The average molecular weight is 336 g/mol. The molecule has 4 heteroatoms. The Bertz CT molecular complexity index is 708. The number of hydrogen-bond donors (Lipinski definition) is 2. The summed E-state index contributed by atoms with van der Waals surface area (Å²) in [6.07, 6.45) is 5.95. The number of para-hydroxylation sites is 2. The molecule has 2 aromatic rings.